The Hall–Kier alpha value is -1.83. The third-order valence-corrected chi connectivity index (χ3v) is 5.41. The summed E-state index contributed by atoms with van der Waals surface area (Å²) in [7, 11) is 0. The Morgan fingerprint density at radius 3 is 3.00 bits per heavy atom. The molecule has 0 aromatic carbocycles. The maximum atomic E-state index is 8.87. The van der Waals surface area contributed by atoms with Crippen LogP contribution in [0.15, 0.2) is 41.6 Å². The van der Waals surface area contributed by atoms with Crippen molar-refractivity contribution >= 4 is 17.4 Å². The number of aromatic nitrogens is 1. The summed E-state index contributed by atoms with van der Waals surface area (Å²) in [6, 6.07) is 6.12. The van der Waals surface area contributed by atoms with Gasteiger partial charge in [0.1, 0.15) is 11.9 Å². The van der Waals surface area contributed by atoms with E-state index in [1.807, 2.05) is 12.1 Å². The molecule has 126 valence electrons. The molecule has 1 aromatic heterocycles. The largest absolute Gasteiger partial charge is 0.367 e. The molecule has 0 amide bonds. The van der Waals surface area contributed by atoms with Crippen LogP contribution in [0.2, 0.25) is 0 Å². The normalized spacial score (nSPS) is 27.9. The summed E-state index contributed by atoms with van der Waals surface area (Å²) in [5, 5.41) is 16.8. The highest BCUT2D eigenvalue weighted by Crippen LogP contribution is 2.35. The fraction of sp³-hybridized carbons (Fsp3) is 0.474. The maximum Gasteiger partial charge on any atom is 0.126 e. The molecule has 4 nitrogen and oxygen atoms in total. The summed E-state index contributed by atoms with van der Waals surface area (Å²) < 4.78 is 0. The lowest BCUT2D eigenvalue weighted by molar-refractivity contribution is 0.185. The SMILES string of the molecule is CC(Nc1ccc(C#N)cn1)[C@H]1CCNC[C@@H]1C1C=CC(Cl)=CC1. The van der Waals surface area contributed by atoms with Gasteiger partial charge >= 0.3 is 0 Å². The van der Waals surface area contributed by atoms with E-state index >= 15 is 0 Å². The van der Waals surface area contributed by atoms with Crippen LogP contribution < -0.4 is 10.6 Å². The Morgan fingerprint density at radius 2 is 2.33 bits per heavy atom. The Morgan fingerprint density at radius 1 is 1.46 bits per heavy atom. The highest BCUT2D eigenvalue weighted by molar-refractivity contribution is 6.31. The van der Waals surface area contributed by atoms with Crippen LogP contribution in [0, 0.1) is 29.1 Å². The molecule has 0 saturated carbocycles. The summed E-state index contributed by atoms with van der Waals surface area (Å²) in [5.74, 6) is 2.52. The summed E-state index contributed by atoms with van der Waals surface area (Å²) in [5.41, 5.74) is 0.587. The zero-order valence-corrected chi connectivity index (χ0v) is 14.6. The number of allylic oxidation sites excluding steroid dienone is 4. The standard InChI is InChI=1S/C19H23ClN4/c1-13(24-19-7-2-14(10-21)11-23-19)17-8-9-22-12-18(17)15-3-5-16(20)6-4-15/h2-3,5-7,11,13,15,17-18,22H,4,8-9,12H2,1H3,(H,23,24)/t13?,15?,17-,18-/m1/s1. The molecule has 2 aliphatic rings. The fourth-order valence-corrected chi connectivity index (χ4v) is 3.97. The van der Waals surface area contributed by atoms with Gasteiger partial charge in [-0.2, -0.15) is 5.26 Å². The van der Waals surface area contributed by atoms with Gasteiger partial charge in [0.2, 0.25) is 0 Å². The molecule has 2 heterocycles. The zero-order valence-electron chi connectivity index (χ0n) is 13.9. The first-order chi connectivity index (χ1) is 11.7. The number of halogens is 1. The first-order valence-electron chi connectivity index (χ1n) is 8.54. The number of piperidine rings is 1. The molecular formula is C19H23ClN4. The van der Waals surface area contributed by atoms with E-state index in [0.717, 1.165) is 36.8 Å². The first kappa shape index (κ1) is 17.0. The molecule has 3 rings (SSSR count). The van der Waals surface area contributed by atoms with Crippen LogP contribution >= 0.6 is 11.6 Å². The Kier molecular flexibility index (Phi) is 5.55. The third kappa shape index (κ3) is 3.98. The van der Waals surface area contributed by atoms with Gasteiger partial charge in [-0.3, -0.25) is 0 Å². The number of rotatable bonds is 4. The monoisotopic (exact) mass is 342 g/mol. The van der Waals surface area contributed by atoms with Gasteiger partial charge in [0.05, 0.1) is 5.56 Å². The van der Waals surface area contributed by atoms with Crippen molar-refractivity contribution in [3.8, 4) is 6.07 Å². The smallest absolute Gasteiger partial charge is 0.126 e. The average molecular weight is 343 g/mol. The van der Waals surface area contributed by atoms with Crippen molar-refractivity contribution in [2.24, 2.45) is 17.8 Å². The predicted molar refractivity (Wildman–Crippen MR) is 97.7 cm³/mol. The Balaban J connectivity index is 1.68. The first-order valence-corrected chi connectivity index (χ1v) is 8.92. The van der Waals surface area contributed by atoms with Crippen molar-refractivity contribution in [2.75, 3.05) is 18.4 Å². The summed E-state index contributed by atoms with van der Waals surface area (Å²) in [4.78, 5) is 4.34. The molecular weight excluding hydrogens is 320 g/mol. The van der Waals surface area contributed by atoms with Crippen LogP contribution in [-0.4, -0.2) is 24.1 Å². The van der Waals surface area contributed by atoms with E-state index in [-0.39, 0.29) is 0 Å². The van der Waals surface area contributed by atoms with Crippen molar-refractivity contribution in [3.05, 3.63) is 47.2 Å². The topological polar surface area (TPSA) is 60.7 Å². The molecule has 1 aromatic rings. The van der Waals surface area contributed by atoms with Crippen LogP contribution in [0.1, 0.15) is 25.3 Å². The lowest BCUT2D eigenvalue weighted by atomic mass is 9.72. The predicted octanol–water partition coefficient (Wildman–Crippen LogP) is 3.68. The van der Waals surface area contributed by atoms with E-state index in [0.29, 0.717) is 29.4 Å². The second-order valence-corrected chi connectivity index (χ2v) is 7.08. The lowest BCUT2D eigenvalue weighted by Gasteiger charge is -2.40. The van der Waals surface area contributed by atoms with E-state index in [1.54, 1.807) is 12.3 Å². The van der Waals surface area contributed by atoms with Crippen LogP contribution in [0.5, 0.6) is 0 Å². The van der Waals surface area contributed by atoms with E-state index in [2.05, 4.69) is 40.8 Å². The van der Waals surface area contributed by atoms with E-state index in [4.69, 9.17) is 16.9 Å². The highest BCUT2D eigenvalue weighted by Gasteiger charge is 2.34. The fourth-order valence-electron chi connectivity index (χ4n) is 3.81. The minimum Gasteiger partial charge on any atom is -0.367 e. The van der Waals surface area contributed by atoms with Gasteiger partial charge in [0.15, 0.2) is 0 Å². The van der Waals surface area contributed by atoms with Gasteiger partial charge in [0.25, 0.3) is 0 Å². The lowest BCUT2D eigenvalue weighted by Crippen LogP contribution is -2.46. The van der Waals surface area contributed by atoms with Gasteiger partial charge in [-0.05, 0) is 68.8 Å². The maximum absolute atomic E-state index is 8.87. The van der Waals surface area contributed by atoms with Crippen molar-refractivity contribution < 1.29 is 0 Å². The Bertz CT molecular complexity index is 659. The van der Waals surface area contributed by atoms with Crippen LogP contribution in [0.3, 0.4) is 0 Å². The number of anilines is 1. The second-order valence-electron chi connectivity index (χ2n) is 6.65. The van der Waals surface area contributed by atoms with Crippen molar-refractivity contribution in [1.29, 1.82) is 5.26 Å². The van der Waals surface area contributed by atoms with Crippen LogP contribution in [0.4, 0.5) is 5.82 Å². The minimum atomic E-state index is 0.326. The summed E-state index contributed by atoms with van der Waals surface area (Å²) >= 11 is 6.07. The molecule has 1 aliphatic carbocycles. The molecule has 0 radical (unpaired) electrons. The summed E-state index contributed by atoms with van der Waals surface area (Å²) in [6.45, 7) is 4.33. The highest BCUT2D eigenvalue weighted by atomic mass is 35.5. The van der Waals surface area contributed by atoms with Crippen LogP contribution in [-0.2, 0) is 0 Å². The molecule has 0 spiro atoms. The molecule has 1 saturated heterocycles. The number of nitriles is 1. The van der Waals surface area contributed by atoms with Crippen molar-refractivity contribution in [2.45, 2.75) is 25.8 Å². The second kappa shape index (κ2) is 7.83. The van der Waals surface area contributed by atoms with Gasteiger partial charge < -0.3 is 10.6 Å². The number of pyridine rings is 1. The van der Waals surface area contributed by atoms with Crippen molar-refractivity contribution in [3.63, 3.8) is 0 Å². The average Bonchev–Trinajstić information content (AvgIpc) is 2.63. The quantitative estimate of drug-likeness (QED) is 0.876. The molecule has 2 unspecified atom stereocenters. The minimum absolute atomic E-state index is 0.326. The molecule has 5 heteroatoms. The van der Waals surface area contributed by atoms with Crippen molar-refractivity contribution in [1.82, 2.24) is 10.3 Å². The van der Waals surface area contributed by atoms with E-state index in [9.17, 15) is 0 Å². The molecule has 1 aliphatic heterocycles. The van der Waals surface area contributed by atoms with Gasteiger partial charge in [0, 0.05) is 17.3 Å². The number of nitrogens with one attached hydrogen (secondary N) is 2. The Labute approximate surface area is 148 Å². The van der Waals surface area contributed by atoms with Crippen LogP contribution in [0.25, 0.3) is 0 Å². The summed E-state index contributed by atoms with van der Waals surface area (Å²) in [6.07, 6.45) is 10.2. The molecule has 24 heavy (non-hydrogen) atoms. The number of nitrogens with zero attached hydrogens (tertiary/aromatic N) is 2. The number of hydrogen-bond donors (Lipinski definition) is 2. The molecule has 0 bridgehead atoms. The molecule has 2 N–H and O–H groups in total. The van der Waals surface area contributed by atoms with Gasteiger partial charge in [-0.15, -0.1) is 0 Å². The van der Waals surface area contributed by atoms with Gasteiger partial charge in [-0.25, -0.2) is 4.98 Å². The van der Waals surface area contributed by atoms with Gasteiger partial charge in [-0.1, -0.05) is 23.8 Å². The van der Waals surface area contributed by atoms with E-state index in [1.165, 1.54) is 0 Å². The number of hydrogen-bond acceptors (Lipinski definition) is 4. The third-order valence-electron chi connectivity index (χ3n) is 5.13. The molecule has 1 fully saturated rings. The zero-order chi connectivity index (χ0) is 16.9. The molecule has 4 atom stereocenters. The van der Waals surface area contributed by atoms with E-state index < -0.39 is 0 Å².